The number of nitrogens with one attached hydrogen (secondary N) is 2. The minimum atomic E-state index is -0.973. The number of aryl methyl sites for hydroxylation is 1. The lowest BCUT2D eigenvalue weighted by Crippen LogP contribution is -2.34. The van der Waals surface area contributed by atoms with E-state index in [4.69, 9.17) is 4.74 Å². The molecule has 10 heteroatoms. The summed E-state index contributed by atoms with van der Waals surface area (Å²) in [6.45, 7) is 3.07. The fraction of sp³-hybridized carbons (Fsp3) is 0.400. The highest BCUT2D eigenvalue weighted by molar-refractivity contribution is 6.04. The van der Waals surface area contributed by atoms with E-state index >= 15 is 0 Å². The van der Waals surface area contributed by atoms with E-state index in [-0.39, 0.29) is 18.3 Å². The van der Waals surface area contributed by atoms with Gasteiger partial charge >= 0.3 is 0 Å². The molecule has 2 atom stereocenters. The number of hydrogen-bond donors (Lipinski definition) is 2. The molecule has 1 aliphatic heterocycles. The lowest BCUT2D eigenvalue weighted by molar-refractivity contribution is 0.102. The topological polar surface area (TPSA) is 97.2 Å². The van der Waals surface area contributed by atoms with E-state index in [1.165, 1.54) is 12.4 Å². The molecule has 2 aromatic heterocycles. The smallest absolute Gasteiger partial charge is 0.275 e. The van der Waals surface area contributed by atoms with Crippen molar-refractivity contribution in [1.29, 1.82) is 0 Å². The lowest BCUT2D eigenvalue weighted by atomic mass is 10.2. The Kier molecular flexibility index (Phi) is 5.49. The van der Waals surface area contributed by atoms with Crippen molar-refractivity contribution in [2.24, 2.45) is 7.05 Å². The van der Waals surface area contributed by atoms with Crippen molar-refractivity contribution >= 4 is 28.3 Å². The Labute approximate surface area is 173 Å². The van der Waals surface area contributed by atoms with Gasteiger partial charge in [-0.1, -0.05) is 0 Å². The van der Waals surface area contributed by atoms with Crippen molar-refractivity contribution in [2.45, 2.75) is 19.1 Å². The van der Waals surface area contributed by atoms with E-state index in [1.807, 2.05) is 31.1 Å². The SMILES string of the molecule is CCOc1cc2nn(C)cc2cc1NC(=O)c1cnc(N2C[C@H](F)[C@H](NC)C2)cn1. The summed E-state index contributed by atoms with van der Waals surface area (Å²) in [6, 6.07) is 3.37. The number of ether oxygens (including phenoxy) is 1. The van der Waals surface area contributed by atoms with Gasteiger partial charge in [0.2, 0.25) is 0 Å². The zero-order chi connectivity index (χ0) is 21.3. The van der Waals surface area contributed by atoms with E-state index in [1.54, 1.807) is 17.8 Å². The zero-order valence-corrected chi connectivity index (χ0v) is 17.1. The van der Waals surface area contributed by atoms with Gasteiger partial charge in [0, 0.05) is 31.2 Å². The number of likely N-dealkylation sites (N-methyl/N-ethyl adjacent to an activating group) is 1. The van der Waals surface area contributed by atoms with Crippen LogP contribution in [0.3, 0.4) is 0 Å². The molecule has 30 heavy (non-hydrogen) atoms. The first-order chi connectivity index (χ1) is 14.5. The summed E-state index contributed by atoms with van der Waals surface area (Å²) in [7, 11) is 3.57. The van der Waals surface area contributed by atoms with E-state index in [2.05, 4.69) is 25.7 Å². The van der Waals surface area contributed by atoms with E-state index in [9.17, 15) is 9.18 Å². The Morgan fingerprint density at radius 1 is 1.30 bits per heavy atom. The highest BCUT2D eigenvalue weighted by atomic mass is 19.1. The summed E-state index contributed by atoms with van der Waals surface area (Å²) in [5.74, 6) is 0.667. The number of amides is 1. The van der Waals surface area contributed by atoms with Crippen LogP contribution in [0, 0.1) is 0 Å². The maximum atomic E-state index is 14.0. The molecule has 0 unspecified atom stereocenters. The van der Waals surface area contributed by atoms with E-state index in [0.717, 1.165) is 10.9 Å². The molecular weight excluding hydrogens is 389 g/mol. The summed E-state index contributed by atoms with van der Waals surface area (Å²) in [6.07, 6.45) is 3.78. The van der Waals surface area contributed by atoms with Gasteiger partial charge in [-0.15, -0.1) is 0 Å². The minimum Gasteiger partial charge on any atom is -0.492 e. The number of benzene rings is 1. The number of carbonyl (C=O) groups excluding carboxylic acids is 1. The standard InChI is InChI=1S/C20H24FN7O2/c1-4-30-18-6-14-12(9-27(3)26-14)5-15(18)25-20(29)16-7-24-19(8-23-16)28-10-13(21)17(11-28)22-2/h5-9,13,17,22H,4,10-11H2,1-3H3,(H,25,29)/t13-,17+/m0/s1. The van der Waals surface area contributed by atoms with Crippen LogP contribution in [-0.4, -0.2) is 64.6 Å². The lowest BCUT2D eigenvalue weighted by Gasteiger charge is -2.16. The van der Waals surface area contributed by atoms with Gasteiger partial charge in [0.05, 0.1) is 42.8 Å². The molecule has 0 bridgehead atoms. The Hall–Kier alpha value is -3.27. The number of anilines is 2. The largest absolute Gasteiger partial charge is 0.492 e. The van der Waals surface area contributed by atoms with Crippen molar-refractivity contribution < 1.29 is 13.9 Å². The summed E-state index contributed by atoms with van der Waals surface area (Å²) in [4.78, 5) is 23.1. The van der Waals surface area contributed by atoms with Gasteiger partial charge in [-0.05, 0) is 20.0 Å². The molecule has 158 valence electrons. The van der Waals surface area contributed by atoms with Gasteiger partial charge in [0.25, 0.3) is 5.91 Å². The van der Waals surface area contributed by atoms with Gasteiger partial charge in [-0.2, -0.15) is 5.10 Å². The maximum Gasteiger partial charge on any atom is 0.275 e. The van der Waals surface area contributed by atoms with Gasteiger partial charge < -0.3 is 20.3 Å². The van der Waals surface area contributed by atoms with Crippen LogP contribution in [0.15, 0.2) is 30.7 Å². The monoisotopic (exact) mass is 413 g/mol. The van der Waals surface area contributed by atoms with Crippen molar-refractivity contribution in [1.82, 2.24) is 25.1 Å². The molecule has 4 rings (SSSR count). The Morgan fingerprint density at radius 3 is 2.80 bits per heavy atom. The van der Waals surface area contributed by atoms with Crippen LogP contribution in [0.1, 0.15) is 17.4 Å². The van der Waals surface area contributed by atoms with Crippen LogP contribution in [0.2, 0.25) is 0 Å². The van der Waals surface area contributed by atoms with Crippen LogP contribution in [-0.2, 0) is 7.05 Å². The fourth-order valence-corrected chi connectivity index (χ4v) is 3.56. The second-order valence-corrected chi connectivity index (χ2v) is 7.17. The molecule has 3 heterocycles. The van der Waals surface area contributed by atoms with Crippen molar-refractivity contribution in [3.05, 3.63) is 36.4 Å². The van der Waals surface area contributed by atoms with Gasteiger partial charge in [-0.25, -0.2) is 14.4 Å². The van der Waals surface area contributed by atoms with Crippen LogP contribution < -0.4 is 20.3 Å². The second-order valence-electron chi connectivity index (χ2n) is 7.17. The second kappa shape index (κ2) is 8.23. The molecule has 0 radical (unpaired) electrons. The van der Waals surface area contributed by atoms with Crippen molar-refractivity contribution in [2.75, 3.05) is 37.0 Å². The number of aromatic nitrogens is 4. The number of halogens is 1. The molecule has 9 nitrogen and oxygen atoms in total. The molecule has 3 aromatic rings. The first-order valence-electron chi connectivity index (χ1n) is 9.78. The average molecular weight is 413 g/mol. The maximum absolute atomic E-state index is 14.0. The van der Waals surface area contributed by atoms with Crippen LogP contribution in [0.5, 0.6) is 5.75 Å². The average Bonchev–Trinajstić information content (AvgIpc) is 3.29. The number of rotatable bonds is 6. The summed E-state index contributed by atoms with van der Waals surface area (Å²) < 4.78 is 21.3. The molecule has 1 saturated heterocycles. The Morgan fingerprint density at radius 2 is 2.13 bits per heavy atom. The molecular formula is C20H24FN7O2. The number of nitrogens with zero attached hydrogens (tertiary/aromatic N) is 5. The molecule has 1 fully saturated rings. The first-order valence-corrected chi connectivity index (χ1v) is 9.78. The van der Waals surface area contributed by atoms with Gasteiger partial charge in [0.1, 0.15) is 23.4 Å². The fourth-order valence-electron chi connectivity index (χ4n) is 3.56. The van der Waals surface area contributed by atoms with Crippen LogP contribution in [0.25, 0.3) is 10.9 Å². The molecule has 0 aliphatic carbocycles. The Bertz CT molecular complexity index is 1050. The third-order valence-electron chi connectivity index (χ3n) is 5.08. The predicted molar refractivity (Wildman–Crippen MR) is 112 cm³/mol. The first kappa shape index (κ1) is 20.0. The highest BCUT2D eigenvalue weighted by Crippen LogP contribution is 2.30. The Balaban J connectivity index is 1.52. The van der Waals surface area contributed by atoms with Crippen LogP contribution >= 0.6 is 0 Å². The van der Waals surface area contributed by atoms with Gasteiger partial charge in [0.15, 0.2) is 0 Å². The number of carbonyl (C=O) groups is 1. The molecule has 2 N–H and O–H groups in total. The van der Waals surface area contributed by atoms with E-state index in [0.29, 0.717) is 30.4 Å². The summed E-state index contributed by atoms with van der Waals surface area (Å²) >= 11 is 0. The highest BCUT2D eigenvalue weighted by Gasteiger charge is 2.32. The molecule has 1 aromatic carbocycles. The summed E-state index contributed by atoms with van der Waals surface area (Å²) in [5.41, 5.74) is 1.47. The predicted octanol–water partition coefficient (Wildman–Crippen LogP) is 1.76. The number of hydrogen-bond acceptors (Lipinski definition) is 7. The van der Waals surface area contributed by atoms with Gasteiger partial charge in [-0.3, -0.25) is 9.48 Å². The molecule has 0 saturated carbocycles. The zero-order valence-electron chi connectivity index (χ0n) is 17.1. The normalized spacial score (nSPS) is 18.7. The van der Waals surface area contributed by atoms with E-state index < -0.39 is 12.1 Å². The van der Waals surface area contributed by atoms with Crippen LogP contribution in [0.4, 0.5) is 15.9 Å². The minimum absolute atomic E-state index is 0.161. The van der Waals surface area contributed by atoms with Crippen molar-refractivity contribution in [3.8, 4) is 5.75 Å². The quantitative estimate of drug-likeness (QED) is 0.636. The molecule has 0 spiro atoms. The third kappa shape index (κ3) is 3.90. The summed E-state index contributed by atoms with van der Waals surface area (Å²) in [5, 5.41) is 11.0. The third-order valence-corrected chi connectivity index (χ3v) is 5.08. The van der Waals surface area contributed by atoms with Crippen molar-refractivity contribution in [3.63, 3.8) is 0 Å². The molecule has 1 amide bonds. The number of alkyl halides is 1. The molecule has 1 aliphatic rings. The number of fused-ring (bicyclic) bond motifs is 1.